The van der Waals surface area contributed by atoms with Gasteiger partial charge < -0.3 is 10.1 Å². The zero-order valence-corrected chi connectivity index (χ0v) is 19.2. The molecule has 1 aliphatic heterocycles. The molecule has 3 rings (SSSR count). The molecule has 0 radical (unpaired) electrons. The van der Waals surface area contributed by atoms with Crippen LogP contribution in [-0.4, -0.2) is 61.6 Å². The Balaban J connectivity index is 1.38. The molecule has 0 unspecified atom stereocenters. The highest BCUT2D eigenvalue weighted by Gasteiger charge is 2.19. The number of aryl methyl sites for hydroxylation is 2. The molecule has 1 aliphatic rings. The molecule has 1 N–H and O–H groups in total. The van der Waals surface area contributed by atoms with Gasteiger partial charge in [-0.05, 0) is 59.1 Å². The molecule has 7 heteroatoms. The minimum atomic E-state index is 0.0479. The van der Waals surface area contributed by atoms with Crippen molar-refractivity contribution in [2.75, 3.05) is 51.2 Å². The summed E-state index contributed by atoms with van der Waals surface area (Å²) < 4.78 is 6.72. The number of rotatable bonds is 7. The lowest BCUT2D eigenvalue weighted by Gasteiger charge is -2.34. The number of nitrogens with one attached hydrogen (secondary N) is 1. The first kappa shape index (κ1) is 22.1. The van der Waals surface area contributed by atoms with E-state index in [1.54, 1.807) is 0 Å². The number of amides is 1. The van der Waals surface area contributed by atoms with Gasteiger partial charge in [-0.25, -0.2) is 0 Å². The third kappa shape index (κ3) is 6.44. The minimum Gasteiger partial charge on any atom is -0.491 e. The molecule has 0 bridgehead atoms. The van der Waals surface area contributed by atoms with Crippen LogP contribution in [0.1, 0.15) is 11.1 Å². The van der Waals surface area contributed by atoms with Crippen molar-refractivity contribution in [1.29, 1.82) is 0 Å². The number of benzene rings is 2. The third-order valence-electron chi connectivity index (χ3n) is 5.14. The summed E-state index contributed by atoms with van der Waals surface area (Å²) in [7, 11) is 0. The number of piperazine rings is 1. The van der Waals surface area contributed by atoms with E-state index < -0.39 is 0 Å². The van der Waals surface area contributed by atoms with E-state index in [4.69, 9.17) is 16.3 Å². The summed E-state index contributed by atoms with van der Waals surface area (Å²) in [5, 5.41) is 3.75. The Bertz CT molecular complexity index is 834. The van der Waals surface area contributed by atoms with Gasteiger partial charge in [0.05, 0.1) is 11.0 Å². The molecule has 0 spiro atoms. The molecule has 1 heterocycles. The van der Waals surface area contributed by atoms with Gasteiger partial charge in [0.15, 0.2) is 0 Å². The highest BCUT2D eigenvalue weighted by atomic mass is 79.9. The van der Waals surface area contributed by atoms with Gasteiger partial charge in [0.2, 0.25) is 5.91 Å². The molecule has 2 aromatic rings. The molecule has 1 saturated heterocycles. The first-order valence-electron chi connectivity index (χ1n) is 9.81. The van der Waals surface area contributed by atoms with Crippen LogP contribution in [0.3, 0.4) is 0 Å². The van der Waals surface area contributed by atoms with Gasteiger partial charge in [0, 0.05) is 43.4 Å². The Kier molecular flexibility index (Phi) is 7.95. The molecule has 2 aromatic carbocycles. The minimum absolute atomic E-state index is 0.0479. The number of halogens is 2. The zero-order valence-electron chi connectivity index (χ0n) is 16.9. The summed E-state index contributed by atoms with van der Waals surface area (Å²) in [6.07, 6.45) is 0. The lowest BCUT2D eigenvalue weighted by Crippen LogP contribution is -2.49. The van der Waals surface area contributed by atoms with Crippen LogP contribution in [0.4, 0.5) is 5.69 Å². The summed E-state index contributed by atoms with van der Waals surface area (Å²) in [5.74, 6) is 0.850. The summed E-state index contributed by atoms with van der Waals surface area (Å²) >= 11 is 9.43. The second-order valence-corrected chi connectivity index (χ2v) is 8.65. The average molecular weight is 481 g/mol. The van der Waals surface area contributed by atoms with Gasteiger partial charge in [-0.2, -0.15) is 0 Å². The highest BCUT2D eigenvalue weighted by molar-refractivity contribution is 9.10. The molecule has 0 atom stereocenters. The molecular weight excluding hydrogens is 454 g/mol. The lowest BCUT2D eigenvalue weighted by atomic mass is 10.1. The van der Waals surface area contributed by atoms with Crippen LogP contribution in [0.2, 0.25) is 5.02 Å². The first-order chi connectivity index (χ1) is 13.9. The molecule has 29 heavy (non-hydrogen) atoms. The van der Waals surface area contributed by atoms with E-state index in [1.807, 2.05) is 50.2 Å². The summed E-state index contributed by atoms with van der Waals surface area (Å²) in [6, 6.07) is 11.6. The van der Waals surface area contributed by atoms with Crippen molar-refractivity contribution in [2.24, 2.45) is 0 Å². The van der Waals surface area contributed by atoms with Crippen molar-refractivity contribution in [3.8, 4) is 5.75 Å². The number of para-hydroxylation sites is 1. The number of carbonyl (C=O) groups excluding carboxylic acids is 1. The van der Waals surface area contributed by atoms with Gasteiger partial charge in [0.1, 0.15) is 12.4 Å². The fourth-order valence-electron chi connectivity index (χ4n) is 3.44. The highest BCUT2D eigenvalue weighted by Crippen LogP contribution is 2.27. The van der Waals surface area contributed by atoms with E-state index >= 15 is 0 Å². The number of ether oxygens (including phenoxy) is 1. The quantitative estimate of drug-likeness (QED) is 0.640. The molecule has 0 saturated carbocycles. The number of carbonyl (C=O) groups is 1. The molecule has 5 nitrogen and oxygen atoms in total. The van der Waals surface area contributed by atoms with E-state index in [0.29, 0.717) is 18.2 Å². The second-order valence-electron chi connectivity index (χ2n) is 7.36. The average Bonchev–Trinajstić information content (AvgIpc) is 2.68. The van der Waals surface area contributed by atoms with Crippen LogP contribution in [-0.2, 0) is 4.79 Å². The largest absolute Gasteiger partial charge is 0.491 e. The van der Waals surface area contributed by atoms with Crippen LogP contribution in [0.5, 0.6) is 5.75 Å². The predicted molar refractivity (Wildman–Crippen MR) is 122 cm³/mol. The SMILES string of the molecule is Cc1cccc(C)c1NC(=O)CN1CCN(CCOc2ccc(Cl)cc2Br)CC1. The van der Waals surface area contributed by atoms with Crippen LogP contribution in [0.25, 0.3) is 0 Å². The smallest absolute Gasteiger partial charge is 0.238 e. The molecule has 1 amide bonds. The van der Waals surface area contributed by atoms with Crippen molar-refractivity contribution in [3.05, 3.63) is 57.0 Å². The fourth-order valence-corrected chi connectivity index (χ4v) is 4.24. The van der Waals surface area contributed by atoms with Gasteiger partial charge in [-0.15, -0.1) is 0 Å². The van der Waals surface area contributed by atoms with Crippen molar-refractivity contribution in [2.45, 2.75) is 13.8 Å². The Morgan fingerprint density at radius 1 is 1.10 bits per heavy atom. The zero-order chi connectivity index (χ0) is 20.8. The second kappa shape index (κ2) is 10.4. The fraction of sp³-hybridized carbons (Fsp3) is 0.409. The van der Waals surface area contributed by atoms with Gasteiger partial charge in [0.25, 0.3) is 0 Å². The van der Waals surface area contributed by atoms with E-state index in [1.165, 1.54) is 0 Å². The summed E-state index contributed by atoms with van der Waals surface area (Å²) in [4.78, 5) is 17.0. The van der Waals surface area contributed by atoms with Crippen molar-refractivity contribution in [3.63, 3.8) is 0 Å². The molecular formula is C22H27BrClN3O2. The molecule has 0 aliphatic carbocycles. The third-order valence-corrected chi connectivity index (χ3v) is 5.99. The molecule has 156 valence electrons. The van der Waals surface area contributed by atoms with E-state index in [0.717, 1.165) is 59.8 Å². The van der Waals surface area contributed by atoms with Crippen LogP contribution in [0, 0.1) is 13.8 Å². The molecule has 1 fully saturated rings. The van der Waals surface area contributed by atoms with Crippen molar-refractivity contribution >= 4 is 39.1 Å². The normalized spacial score (nSPS) is 15.3. The standard InChI is InChI=1S/C22H27BrClN3O2/c1-16-4-3-5-17(2)22(16)25-21(28)15-27-10-8-26(9-11-27)12-13-29-20-7-6-18(24)14-19(20)23/h3-7,14H,8-13,15H2,1-2H3,(H,25,28). The van der Waals surface area contributed by atoms with E-state index in [-0.39, 0.29) is 5.91 Å². The monoisotopic (exact) mass is 479 g/mol. The van der Waals surface area contributed by atoms with Gasteiger partial charge in [-0.3, -0.25) is 14.6 Å². The van der Waals surface area contributed by atoms with Crippen LogP contribution in [0.15, 0.2) is 40.9 Å². The van der Waals surface area contributed by atoms with Crippen LogP contribution < -0.4 is 10.1 Å². The number of nitrogens with zero attached hydrogens (tertiary/aromatic N) is 2. The number of hydrogen-bond acceptors (Lipinski definition) is 4. The van der Waals surface area contributed by atoms with Gasteiger partial charge >= 0.3 is 0 Å². The Morgan fingerprint density at radius 3 is 2.41 bits per heavy atom. The maximum atomic E-state index is 12.5. The van der Waals surface area contributed by atoms with Gasteiger partial charge in [-0.1, -0.05) is 29.8 Å². The lowest BCUT2D eigenvalue weighted by molar-refractivity contribution is -0.117. The Morgan fingerprint density at radius 2 is 1.76 bits per heavy atom. The topological polar surface area (TPSA) is 44.8 Å². The Hall–Kier alpha value is -1.60. The van der Waals surface area contributed by atoms with Crippen molar-refractivity contribution in [1.82, 2.24) is 9.80 Å². The first-order valence-corrected chi connectivity index (χ1v) is 11.0. The van der Waals surface area contributed by atoms with Crippen LogP contribution >= 0.6 is 27.5 Å². The Labute approximate surface area is 186 Å². The maximum absolute atomic E-state index is 12.5. The maximum Gasteiger partial charge on any atom is 0.238 e. The summed E-state index contributed by atoms with van der Waals surface area (Å²) in [6.45, 7) is 9.57. The number of anilines is 1. The van der Waals surface area contributed by atoms with E-state index in [9.17, 15) is 4.79 Å². The van der Waals surface area contributed by atoms with Crippen molar-refractivity contribution < 1.29 is 9.53 Å². The predicted octanol–water partition coefficient (Wildman–Crippen LogP) is 4.35. The molecule has 0 aromatic heterocycles. The number of hydrogen-bond donors (Lipinski definition) is 1. The van der Waals surface area contributed by atoms with E-state index in [2.05, 4.69) is 31.0 Å². The summed E-state index contributed by atoms with van der Waals surface area (Å²) in [5.41, 5.74) is 3.12.